The van der Waals surface area contributed by atoms with Gasteiger partial charge in [-0.05, 0) is 13.8 Å². The summed E-state index contributed by atoms with van der Waals surface area (Å²) in [5.41, 5.74) is -0.274. The van der Waals surface area contributed by atoms with Crippen molar-refractivity contribution >= 4 is 5.97 Å². The van der Waals surface area contributed by atoms with Gasteiger partial charge < -0.3 is 9.47 Å². The molecule has 0 heterocycles. The van der Waals surface area contributed by atoms with Gasteiger partial charge in [-0.15, -0.1) is 0 Å². The van der Waals surface area contributed by atoms with E-state index in [0.29, 0.717) is 13.0 Å². The van der Waals surface area contributed by atoms with Crippen molar-refractivity contribution < 1.29 is 19.1 Å². The van der Waals surface area contributed by atoms with Crippen LogP contribution in [0.1, 0.15) is 20.3 Å². The first-order valence-corrected chi connectivity index (χ1v) is 4.04. The van der Waals surface area contributed by atoms with E-state index in [1.807, 2.05) is 13.8 Å². The van der Waals surface area contributed by atoms with E-state index in [-0.39, 0.29) is 12.2 Å². The quantitative estimate of drug-likeness (QED) is 0.481. The molecule has 0 amide bonds. The van der Waals surface area contributed by atoms with Crippen LogP contribution in [0.3, 0.4) is 0 Å². The van der Waals surface area contributed by atoms with Crippen LogP contribution in [0.4, 0.5) is 0 Å². The maximum absolute atomic E-state index is 10.7. The number of carbonyl (C=O) groups is 1. The van der Waals surface area contributed by atoms with Gasteiger partial charge in [-0.2, -0.15) is 0 Å². The van der Waals surface area contributed by atoms with Crippen molar-refractivity contribution in [2.45, 2.75) is 25.9 Å². The van der Waals surface area contributed by atoms with E-state index >= 15 is 0 Å². The van der Waals surface area contributed by atoms with Crippen LogP contribution in [-0.2, 0) is 19.1 Å². The highest BCUT2D eigenvalue weighted by Gasteiger charge is 2.16. The Kier molecular flexibility index (Phi) is 5.61. The molecule has 0 aliphatic heterocycles. The molecule has 5 nitrogen and oxygen atoms in total. The molecule has 0 rings (SSSR count). The minimum Gasteiger partial charge on any atom is -0.464 e. The number of ether oxygens (including phenoxy) is 2. The van der Waals surface area contributed by atoms with Gasteiger partial charge in [0.15, 0.2) is 6.61 Å². The molecule has 0 unspecified atom stereocenters. The molecule has 0 aromatic rings. The highest BCUT2D eigenvalue weighted by Crippen LogP contribution is 2.12. The van der Waals surface area contributed by atoms with Gasteiger partial charge in [0.1, 0.15) is 0 Å². The molecule has 0 aromatic heterocycles. The van der Waals surface area contributed by atoms with E-state index in [1.165, 1.54) is 0 Å². The Balaban J connectivity index is 3.50. The molecule has 13 heavy (non-hydrogen) atoms. The lowest BCUT2D eigenvalue weighted by molar-refractivity contribution is -0.150. The summed E-state index contributed by atoms with van der Waals surface area (Å²) >= 11 is 0. The van der Waals surface area contributed by atoms with Crippen LogP contribution in [0.5, 0.6) is 0 Å². The van der Waals surface area contributed by atoms with Crippen molar-refractivity contribution in [2.75, 3.05) is 20.3 Å². The van der Waals surface area contributed by atoms with E-state index < -0.39 is 5.97 Å². The fraction of sp³-hybridized carbons (Fsp3) is 0.875. The van der Waals surface area contributed by atoms with Gasteiger partial charge in [0.2, 0.25) is 0 Å². The van der Waals surface area contributed by atoms with Gasteiger partial charge in [-0.1, -0.05) is 0 Å². The summed E-state index contributed by atoms with van der Waals surface area (Å²) in [5.74, 6) is 4.22. The Hall–Kier alpha value is -0.650. The maximum atomic E-state index is 10.7. The Morgan fingerprint density at radius 2 is 2.08 bits per heavy atom. The lowest BCUT2D eigenvalue weighted by Gasteiger charge is -2.22. The lowest BCUT2D eigenvalue weighted by Crippen LogP contribution is -2.26. The average Bonchev–Trinajstić information content (AvgIpc) is 2.05. The van der Waals surface area contributed by atoms with Crippen molar-refractivity contribution in [1.29, 1.82) is 0 Å². The van der Waals surface area contributed by atoms with Crippen molar-refractivity contribution in [3.63, 3.8) is 0 Å². The molecule has 0 radical (unpaired) electrons. The third kappa shape index (κ3) is 6.51. The summed E-state index contributed by atoms with van der Waals surface area (Å²) in [6.07, 6.45) is 0.639. The minimum absolute atomic E-state index is 0.215. The van der Waals surface area contributed by atoms with Crippen LogP contribution in [0, 0.1) is 0 Å². The zero-order chi connectivity index (χ0) is 10.3. The molecule has 0 aliphatic rings. The summed E-state index contributed by atoms with van der Waals surface area (Å²) in [7, 11) is 1.62. The van der Waals surface area contributed by atoms with Crippen molar-refractivity contribution in [1.82, 2.24) is 0 Å². The average molecular weight is 191 g/mol. The van der Waals surface area contributed by atoms with E-state index in [1.54, 1.807) is 7.11 Å². The number of esters is 1. The monoisotopic (exact) mass is 191 g/mol. The number of carbonyl (C=O) groups excluding carboxylic acids is 1. The normalized spacial score (nSPS) is 11.4. The Bertz CT molecular complexity index is 158. The molecule has 0 bridgehead atoms. The molecular formula is C8H17NO4. The van der Waals surface area contributed by atoms with E-state index in [4.69, 9.17) is 9.47 Å². The molecule has 2 N–H and O–H groups in total. The highest BCUT2D eigenvalue weighted by molar-refractivity contribution is 5.70. The molecule has 0 saturated heterocycles. The summed E-state index contributed by atoms with van der Waals surface area (Å²) in [4.78, 5) is 14.9. The van der Waals surface area contributed by atoms with Crippen molar-refractivity contribution in [3.8, 4) is 0 Å². The fourth-order valence-electron chi connectivity index (χ4n) is 0.622. The van der Waals surface area contributed by atoms with E-state index in [9.17, 15) is 4.79 Å². The molecule has 78 valence electrons. The minimum atomic E-state index is -0.464. The van der Waals surface area contributed by atoms with Crippen LogP contribution in [0.25, 0.3) is 0 Å². The number of nitrogens with two attached hydrogens (primary N) is 1. The third-order valence-electron chi connectivity index (χ3n) is 1.72. The summed E-state index contributed by atoms with van der Waals surface area (Å²) in [6, 6.07) is 0. The van der Waals surface area contributed by atoms with Gasteiger partial charge in [0.25, 0.3) is 0 Å². The zero-order valence-electron chi connectivity index (χ0n) is 8.33. The highest BCUT2D eigenvalue weighted by atomic mass is 16.6. The Morgan fingerprint density at radius 1 is 1.46 bits per heavy atom. The molecule has 0 atom stereocenters. The third-order valence-corrected chi connectivity index (χ3v) is 1.72. The molecule has 0 aromatic carbocycles. The summed E-state index contributed by atoms with van der Waals surface area (Å²) in [6.45, 7) is 3.93. The van der Waals surface area contributed by atoms with Gasteiger partial charge >= 0.3 is 5.97 Å². The van der Waals surface area contributed by atoms with Crippen LogP contribution in [-0.4, -0.2) is 31.9 Å². The van der Waals surface area contributed by atoms with Crippen LogP contribution in [0.15, 0.2) is 0 Å². The molecular weight excluding hydrogens is 174 g/mol. The zero-order valence-corrected chi connectivity index (χ0v) is 8.33. The number of hydrogen-bond acceptors (Lipinski definition) is 5. The second-order valence-electron chi connectivity index (χ2n) is 3.25. The van der Waals surface area contributed by atoms with Crippen LogP contribution < -0.4 is 5.90 Å². The van der Waals surface area contributed by atoms with E-state index in [2.05, 4.69) is 10.7 Å². The number of hydrogen-bond donors (Lipinski definition) is 1. The van der Waals surface area contributed by atoms with Crippen LogP contribution in [0.2, 0.25) is 0 Å². The maximum Gasteiger partial charge on any atom is 0.334 e. The standard InChI is InChI=1S/C8H17NO4/c1-8(2,11-3)4-5-12-7(10)6-13-9/h4-6,9H2,1-3H3. The molecule has 5 heteroatoms. The smallest absolute Gasteiger partial charge is 0.334 e. The SMILES string of the molecule is COC(C)(C)CCOC(=O)CON. The molecule has 0 aliphatic carbocycles. The number of methoxy groups -OCH3 is 1. The van der Waals surface area contributed by atoms with Gasteiger partial charge in [-0.25, -0.2) is 10.7 Å². The second-order valence-corrected chi connectivity index (χ2v) is 3.25. The molecule has 0 saturated carbocycles. The second kappa shape index (κ2) is 5.90. The first-order valence-electron chi connectivity index (χ1n) is 4.04. The number of rotatable bonds is 6. The Morgan fingerprint density at radius 3 is 2.54 bits per heavy atom. The lowest BCUT2D eigenvalue weighted by atomic mass is 10.1. The molecule has 0 fully saturated rings. The van der Waals surface area contributed by atoms with Crippen molar-refractivity contribution in [3.05, 3.63) is 0 Å². The van der Waals surface area contributed by atoms with Gasteiger partial charge in [0.05, 0.1) is 12.2 Å². The van der Waals surface area contributed by atoms with E-state index in [0.717, 1.165) is 0 Å². The van der Waals surface area contributed by atoms with Crippen LogP contribution >= 0.6 is 0 Å². The summed E-state index contributed by atoms with van der Waals surface area (Å²) in [5, 5.41) is 0. The van der Waals surface area contributed by atoms with Gasteiger partial charge in [-0.3, -0.25) is 4.84 Å². The largest absolute Gasteiger partial charge is 0.464 e. The predicted octanol–water partition coefficient (Wildman–Crippen LogP) is 0.235. The first-order chi connectivity index (χ1) is 6.02. The van der Waals surface area contributed by atoms with Gasteiger partial charge in [0, 0.05) is 13.5 Å². The summed E-state index contributed by atoms with van der Waals surface area (Å²) < 4.78 is 9.93. The Labute approximate surface area is 78.1 Å². The predicted molar refractivity (Wildman–Crippen MR) is 46.8 cm³/mol. The fourth-order valence-corrected chi connectivity index (χ4v) is 0.622. The first kappa shape index (κ1) is 12.3. The molecule has 0 spiro atoms. The van der Waals surface area contributed by atoms with Crippen molar-refractivity contribution in [2.24, 2.45) is 5.90 Å². The topological polar surface area (TPSA) is 70.8 Å².